The molecular formula is C19H20FNO5. The monoisotopic (exact) mass is 361 g/mol. The van der Waals surface area contributed by atoms with Crippen LogP contribution in [-0.2, 0) is 20.7 Å². The van der Waals surface area contributed by atoms with Gasteiger partial charge in [0.15, 0.2) is 6.61 Å². The number of carbonyl (C=O) groups excluding carboxylic acids is 3. The van der Waals surface area contributed by atoms with E-state index in [2.05, 4.69) is 4.98 Å². The molecule has 0 aliphatic carbocycles. The number of halogens is 1. The largest absolute Gasteiger partial charge is 0.461 e. The molecule has 2 rings (SSSR count). The highest BCUT2D eigenvalue weighted by Gasteiger charge is 2.23. The first-order valence-corrected chi connectivity index (χ1v) is 8.13. The maximum atomic E-state index is 13.5. The minimum Gasteiger partial charge on any atom is -0.461 e. The standard InChI is InChI=1S/C19H20FNO5/c1-4-25-19(24)18-11(2)17(12(3)21-18)15(22)10-26-16(23)9-13-7-5-6-8-14(13)20/h5-8,21H,4,9-10H2,1-3H3. The summed E-state index contributed by atoms with van der Waals surface area (Å²) >= 11 is 0. The van der Waals surface area contributed by atoms with Crippen molar-refractivity contribution in [3.63, 3.8) is 0 Å². The van der Waals surface area contributed by atoms with Crippen molar-refractivity contribution < 1.29 is 28.2 Å². The summed E-state index contributed by atoms with van der Waals surface area (Å²) in [5, 5.41) is 0. The molecule has 0 radical (unpaired) electrons. The molecule has 0 spiro atoms. The molecule has 0 bridgehead atoms. The zero-order chi connectivity index (χ0) is 19.3. The van der Waals surface area contributed by atoms with E-state index >= 15 is 0 Å². The Hall–Kier alpha value is -2.96. The van der Waals surface area contributed by atoms with E-state index < -0.39 is 30.1 Å². The number of H-pyrrole nitrogens is 1. The second kappa shape index (κ2) is 8.42. The number of rotatable bonds is 7. The van der Waals surface area contributed by atoms with Gasteiger partial charge in [-0.1, -0.05) is 18.2 Å². The van der Waals surface area contributed by atoms with Gasteiger partial charge in [0, 0.05) is 11.3 Å². The predicted octanol–water partition coefficient (Wildman–Crippen LogP) is 2.92. The summed E-state index contributed by atoms with van der Waals surface area (Å²) in [6, 6.07) is 5.86. The first-order valence-electron chi connectivity index (χ1n) is 8.13. The van der Waals surface area contributed by atoms with Crippen molar-refractivity contribution in [2.45, 2.75) is 27.2 Å². The summed E-state index contributed by atoms with van der Waals surface area (Å²) in [5.41, 5.74) is 1.61. The van der Waals surface area contributed by atoms with Crippen LogP contribution in [0.3, 0.4) is 0 Å². The lowest BCUT2D eigenvalue weighted by molar-refractivity contribution is -0.141. The highest BCUT2D eigenvalue weighted by atomic mass is 19.1. The fourth-order valence-corrected chi connectivity index (χ4v) is 2.64. The minimum absolute atomic E-state index is 0.198. The van der Waals surface area contributed by atoms with Gasteiger partial charge in [0.1, 0.15) is 11.5 Å². The molecule has 1 aromatic heterocycles. The number of Topliss-reactive ketones (excluding diaryl/α,β-unsaturated/α-hetero) is 1. The number of aryl methyl sites for hydroxylation is 1. The summed E-state index contributed by atoms with van der Waals surface area (Å²) in [6.07, 6.45) is -0.265. The topological polar surface area (TPSA) is 85.5 Å². The van der Waals surface area contributed by atoms with E-state index in [9.17, 15) is 18.8 Å². The average molecular weight is 361 g/mol. The van der Waals surface area contributed by atoms with Crippen LogP contribution in [0, 0.1) is 19.7 Å². The summed E-state index contributed by atoms with van der Waals surface area (Å²) in [4.78, 5) is 38.9. The highest BCUT2D eigenvalue weighted by Crippen LogP contribution is 2.19. The summed E-state index contributed by atoms with van der Waals surface area (Å²) < 4.78 is 23.4. The highest BCUT2D eigenvalue weighted by molar-refractivity contribution is 6.03. The second-order valence-electron chi connectivity index (χ2n) is 5.70. The number of carbonyl (C=O) groups is 3. The van der Waals surface area contributed by atoms with Crippen LogP contribution in [0.15, 0.2) is 24.3 Å². The Labute approximate surface area is 150 Å². The van der Waals surface area contributed by atoms with E-state index in [1.54, 1.807) is 26.8 Å². The number of esters is 2. The van der Waals surface area contributed by atoms with Crippen molar-refractivity contribution in [3.8, 4) is 0 Å². The van der Waals surface area contributed by atoms with Gasteiger partial charge in [0.2, 0.25) is 5.78 Å². The SMILES string of the molecule is CCOC(=O)c1[nH]c(C)c(C(=O)COC(=O)Cc2ccccc2F)c1C. The molecule has 0 aliphatic rings. The van der Waals surface area contributed by atoms with Gasteiger partial charge < -0.3 is 14.5 Å². The van der Waals surface area contributed by atoms with Gasteiger partial charge in [-0.2, -0.15) is 0 Å². The molecule has 6 nitrogen and oxygen atoms in total. The Morgan fingerprint density at radius 3 is 2.46 bits per heavy atom. The molecule has 0 fully saturated rings. The Kier molecular flexibility index (Phi) is 6.27. The smallest absolute Gasteiger partial charge is 0.355 e. The van der Waals surface area contributed by atoms with Crippen LogP contribution in [-0.4, -0.2) is 35.9 Å². The molecule has 2 aromatic rings. The van der Waals surface area contributed by atoms with Crippen molar-refractivity contribution in [2.24, 2.45) is 0 Å². The van der Waals surface area contributed by atoms with Crippen LogP contribution >= 0.6 is 0 Å². The fourth-order valence-electron chi connectivity index (χ4n) is 2.64. The van der Waals surface area contributed by atoms with Gasteiger partial charge in [-0.05, 0) is 38.0 Å². The Morgan fingerprint density at radius 2 is 1.81 bits per heavy atom. The van der Waals surface area contributed by atoms with Gasteiger partial charge in [-0.15, -0.1) is 0 Å². The van der Waals surface area contributed by atoms with E-state index in [1.165, 1.54) is 18.2 Å². The Bertz CT molecular complexity index is 840. The molecule has 0 aliphatic heterocycles. The number of ketones is 1. The van der Waals surface area contributed by atoms with Crippen LogP contribution in [0.4, 0.5) is 4.39 Å². The van der Waals surface area contributed by atoms with E-state index in [4.69, 9.17) is 9.47 Å². The molecule has 1 N–H and O–H groups in total. The number of nitrogens with one attached hydrogen (secondary N) is 1. The Balaban J connectivity index is 2.03. The van der Waals surface area contributed by atoms with Crippen molar-refractivity contribution in [2.75, 3.05) is 13.2 Å². The molecule has 0 amide bonds. The lowest BCUT2D eigenvalue weighted by Crippen LogP contribution is -2.17. The first kappa shape index (κ1) is 19.4. The van der Waals surface area contributed by atoms with Crippen LogP contribution in [0.2, 0.25) is 0 Å². The fraction of sp³-hybridized carbons (Fsp3) is 0.316. The first-order chi connectivity index (χ1) is 12.3. The third-order valence-electron chi connectivity index (χ3n) is 3.85. The molecule has 138 valence electrons. The molecule has 0 saturated heterocycles. The Morgan fingerprint density at radius 1 is 1.12 bits per heavy atom. The number of hydrogen-bond donors (Lipinski definition) is 1. The van der Waals surface area contributed by atoms with Gasteiger partial charge in [0.05, 0.1) is 13.0 Å². The van der Waals surface area contributed by atoms with E-state index in [-0.39, 0.29) is 29.8 Å². The normalized spacial score (nSPS) is 10.5. The molecule has 7 heteroatoms. The average Bonchev–Trinajstić information content (AvgIpc) is 2.90. The van der Waals surface area contributed by atoms with Crippen molar-refractivity contribution >= 4 is 17.7 Å². The summed E-state index contributed by atoms with van der Waals surface area (Å²) in [7, 11) is 0. The van der Waals surface area contributed by atoms with Crippen LogP contribution in [0.5, 0.6) is 0 Å². The number of aromatic amines is 1. The molecule has 0 atom stereocenters. The predicted molar refractivity (Wildman–Crippen MR) is 91.6 cm³/mol. The van der Waals surface area contributed by atoms with Gasteiger partial charge in [-0.3, -0.25) is 9.59 Å². The molecular weight excluding hydrogens is 341 g/mol. The third-order valence-corrected chi connectivity index (χ3v) is 3.85. The van der Waals surface area contributed by atoms with Crippen molar-refractivity contribution in [3.05, 3.63) is 58.2 Å². The summed E-state index contributed by atoms with van der Waals surface area (Å²) in [6.45, 7) is 4.67. The zero-order valence-corrected chi connectivity index (χ0v) is 14.8. The number of benzene rings is 1. The van der Waals surface area contributed by atoms with Crippen LogP contribution in [0.25, 0.3) is 0 Å². The van der Waals surface area contributed by atoms with Crippen LogP contribution in [0.1, 0.15) is 44.6 Å². The second-order valence-corrected chi connectivity index (χ2v) is 5.70. The van der Waals surface area contributed by atoms with E-state index in [1.807, 2.05) is 0 Å². The lowest BCUT2D eigenvalue weighted by Gasteiger charge is -2.06. The minimum atomic E-state index is -0.708. The maximum absolute atomic E-state index is 13.5. The zero-order valence-electron chi connectivity index (χ0n) is 14.8. The van der Waals surface area contributed by atoms with Gasteiger partial charge in [0.25, 0.3) is 0 Å². The van der Waals surface area contributed by atoms with Gasteiger partial charge in [-0.25, -0.2) is 9.18 Å². The lowest BCUT2D eigenvalue weighted by atomic mass is 10.1. The quantitative estimate of drug-likeness (QED) is 0.605. The molecule has 26 heavy (non-hydrogen) atoms. The molecule has 1 aromatic carbocycles. The molecule has 0 saturated carbocycles. The van der Waals surface area contributed by atoms with E-state index in [0.717, 1.165) is 0 Å². The number of aromatic nitrogens is 1. The van der Waals surface area contributed by atoms with Crippen molar-refractivity contribution in [1.82, 2.24) is 4.98 Å². The van der Waals surface area contributed by atoms with E-state index in [0.29, 0.717) is 11.3 Å². The molecule has 0 unspecified atom stereocenters. The molecule has 1 heterocycles. The summed E-state index contributed by atoms with van der Waals surface area (Å²) in [5.74, 6) is -2.22. The van der Waals surface area contributed by atoms with Crippen molar-refractivity contribution in [1.29, 1.82) is 0 Å². The van der Waals surface area contributed by atoms with Gasteiger partial charge >= 0.3 is 11.9 Å². The maximum Gasteiger partial charge on any atom is 0.355 e. The van der Waals surface area contributed by atoms with Crippen LogP contribution < -0.4 is 0 Å². The number of ether oxygens (including phenoxy) is 2. The number of hydrogen-bond acceptors (Lipinski definition) is 5. The third kappa shape index (κ3) is 4.36.